The third kappa shape index (κ3) is 5.19. The molecule has 0 spiro atoms. The summed E-state index contributed by atoms with van der Waals surface area (Å²) in [7, 11) is 1.70. The van der Waals surface area contributed by atoms with Gasteiger partial charge in [0, 0.05) is 32.1 Å². The van der Waals surface area contributed by atoms with Crippen molar-refractivity contribution in [2.45, 2.75) is 25.8 Å². The van der Waals surface area contributed by atoms with Crippen molar-refractivity contribution in [2.24, 2.45) is 5.92 Å². The number of carbonyl (C=O) groups is 2. The summed E-state index contributed by atoms with van der Waals surface area (Å²) < 4.78 is 18.7. The molecule has 0 radical (unpaired) electrons. The van der Waals surface area contributed by atoms with Crippen LogP contribution in [-0.4, -0.2) is 51.9 Å². The highest BCUT2D eigenvalue weighted by molar-refractivity contribution is 5.83. The first-order chi connectivity index (χ1) is 15.5. The fourth-order valence-electron chi connectivity index (χ4n) is 3.91. The number of carbonyl (C=O) groups excluding carboxylic acids is 2. The molecule has 1 aliphatic heterocycles. The molecule has 2 amide bonds. The second-order valence-electron chi connectivity index (χ2n) is 8.03. The minimum absolute atomic E-state index is 0.0266. The van der Waals surface area contributed by atoms with Crippen LogP contribution in [0.25, 0.3) is 11.5 Å². The number of halogens is 1. The van der Waals surface area contributed by atoms with Crippen molar-refractivity contribution < 1.29 is 18.5 Å². The number of likely N-dealkylation sites (tertiary alicyclic amines) is 1. The maximum Gasteiger partial charge on any atom is 0.257 e. The predicted octanol–water partition coefficient (Wildman–Crippen LogP) is 3.32. The Morgan fingerprint density at radius 2 is 2.03 bits per heavy atom. The van der Waals surface area contributed by atoms with E-state index in [0.29, 0.717) is 44.1 Å². The number of rotatable bonds is 7. The van der Waals surface area contributed by atoms with Gasteiger partial charge in [-0.1, -0.05) is 35.5 Å². The quantitative estimate of drug-likeness (QED) is 0.568. The van der Waals surface area contributed by atoms with E-state index in [1.165, 1.54) is 12.1 Å². The molecular weight excluding hydrogens is 411 g/mol. The maximum absolute atomic E-state index is 13.4. The number of amides is 2. The first-order valence-electron chi connectivity index (χ1n) is 10.6. The van der Waals surface area contributed by atoms with E-state index in [9.17, 15) is 14.0 Å². The molecule has 166 valence electrons. The third-order valence-corrected chi connectivity index (χ3v) is 5.65. The minimum atomic E-state index is -0.293. The Morgan fingerprint density at radius 3 is 2.81 bits per heavy atom. The maximum atomic E-state index is 13.4. The van der Waals surface area contributed by atoms with Gasteiger partial charge in [0.2, 0.25) is 11.8 Å². The van der Waals surface area contributed by atoms with Crippen LogP contribution in [0, 0.1) is 11.7 Å². The molecule has 1 aromatic heterocycles. The van der Waals surface area contributed by atoms with Gasteiger partial charge in [0.05, 0.1) is 12.5 Å². The molecule has 8 heteroatoms. The van der Waals surface area contributed by atoms with E-state index >= 15 is 0 Å². The standard InChI is InChI=1S/C24H25FN4O3/c1-28(16-21-26-23(32-27-21)18-7-3-2-4-8-18)24(31)19-10-11-22(30)29(15-19)13-12-17-6-5-9-20(25)14-17/h2-9,14,19H,10-13,15-16H2,1H3/t19-/m1/s1. The zero-order chi connectivity index (χ0) is 22.5. The summed E-state index contributed by atoms with van der Waals surface area (Å²) >= 11 is 0. The average molecular weight is 436 g/mol. The fraction of sp³-hybridized carbons (Fsp3) is 0.333. The van der Waals surface area contributed by atoms with E-state index in [1.807, 2.05) is 36.4 Å². The Kier molecular flexibility index (Phi) is 6.58. The summed E-state index contributed by atoms with van der Waals surface area (Å²) in [5, 5.41) is 3.98. The molecule has 1 saturated heterocycles. The SMILES string of the molecule is CN(Cc1noc(-c2ccccc2)n1)C(=O)[C@@H]1CCC(=O)N(CCc2cccc(F)c2)C1. The summed E-state index contributed by atoms with van der Waals surface area (Å²) in [6.07, 6.45) is 1.39. The van der Waals surface area contributed by atoms with Crippen LogP contribution in [0.1, 0.15) is 24.2 Å². The van der Waals surface area contributed by atoms with Crippen molar-refractivity contribution in [3.8, 4) is 11.5 Å². The van der Waals surface area contributed by atoms with Crippen LogP contribution in [-0.2, 0) is 22.6 Å². The van der Waals surface area contributed by atoms with Gasteiger partial charge in [-0.2, -0.15) is 4.98 Å². The number of aromatic nitrogens is 2. The largest absolute Gasteiger partial charge is 0.342 e. The molecule has 7 nitrogen and oxygen atoms in total. The third-order valence-electron chi connectivity index (χ3n) is 5.65. The van der Waals surface area contributed by atoms with E-state index in [-0.39, 0.29) is 30.1 Å². The molecule has 0 bridgehead atoms. The van der Waals surface area contributed by atoms with Gasteiger partial charge < -0.3 is 14.3 Å². The van der Waals surface area contributed by atoms with Gasteiger partial charge in [-0.15, -0.1) is 0 Å². The van der Waals surface area contributed by atoms with Gasteiger partial charge in [-0.3, -0.25) is 9.59 Å². The van der Waals surface area contributed by atoms with E-state index in [4.69, 9.17) is 4.52 Å². The summed E-state index contributed by atoms with van der Waals surface area (Å²) in [6, 6.07) is 15.8. The topological polar surface area (TPSA) is 79.5 Å². The number of piperidine rings is 1. The molecule has 0 aliphatic carbocycles. The lowest BCUT2D eigenvalue weighted by Crippen LogP contribution is -2.46. The molecule has 1 atom stereocenters. The average Bonchev–Trinajstić information content (AvgIpc) is 3.27. The lowest BCUT2D eigenvalue weighted by Gasteiger charge is -2.33. The molecule has 0 unspecified atom stereocenters. The summed E-state index contributed by atoms with van der Waals surface area (Å²) in [5.74, 6) is 0.227. The molecule has 4 rings (SSSR count). The monoisotopic (exact) mass is 436 g/mol. The molecular formula is C24H25FN4O3. The van der Waals surface area contributed by atoms with Crippen molar-refractivity contribution in [1.29, 1.82) is 0 Å². The molecule has 32 heavy (non-hydrogen) atoms. The number of nitrogens with zero attached hydrogens (tertiary/aromatic N) is 4. The molecule has 0 saturated carbocycles. The van der Waals surface area contributed by atoms with Crippen molar-refractivity contribution in [3.05, 3.63) is 71.8 Å². The zero-order valence-electron chi connectivity index (χ0n) is 17.9. The normalized spacial score (nSPS) is 16.2. The Balaban J connectivity index is 1.34. The van der Waals surface area contributed by atoms with Gasteiger partial charge in [-0.05, 0) is 42.7 Å². The van der Waals surface area contributed by atoms with Gasteiger partial charge >= 0.3 is 0 Å². The predicted molar refractivity (Wildman–Crippen MR) is 116 cm³/mol. The molecule has 1 fully saturated rings. The molecule has 2 aromatic carbocycles. The number of benzene rings is 2. The minimum Gasteiger partial charge on any atom is -0.342 e. The first-order valence-corrected chi connectivity index (χ1v) is 10.6. The second kappa shape index (κ2) is 9.72. The van der Waals surface area contributed by atoms with Crippen molar-refractivity contribution in [3.63, 3.8) is 0 Å². The second-order valence-corrected chi connectivity index (χ2v) is 8.03. The Hall–Kier alpha value is -3.55. The van der Waals surface area contributed by atoms with E-state index in [2.05, 4.69) is 10.1 Å². The van der Waals surface area contributed by atoms with Gasteiger partial charge in [-0.25, -0.2) is 4.39 Å². The van der Waals surface area contributed by atoms with Crippen LogP contribution < -0.4 is 0 Å². The van der Waals surface area contributed by atoms with Crippen LogP contribution in [0.5, 0.6) is 0 Å². The van der Waals surface area contributed by atoms with Crippen LogP contribution >= 0.6 is 0 Å². The van der Waals surface area contributed by atoms with Crippen molar-refractivity contribution >= 4 is 11.8 Å². The summed E-state index contributed by atoms with van der Waals surface area (Å²) in [4.78, 5) is 33.0. The Labute approximate surface area is 185 Å². The molecule has 0 N–H and O–H groups in total. The van der Waals surface area contributed by atoms with E-state index in [0.717, 1.165) is 11.1 Å². The van der Waals surface area contributed by atoms with E-state index < -0.39 is 0 Å². The van der Waals surface area contributed by atoms with Crippen molar-refractivity contribution in [1.82, 2.24) is 19.9 Å². The highest BCUT2D eigenvalue weighted by atomic mass is 19.1. The fourth-order valence-corrected chi connectivity index (χ4v) is 3.91. The first kappa shape index (κ1) is 21.7. The van der Waals surface area contributed by atoms with Crippen LogP contribution in [0.3, 0.4) is 0 Å². The van der Waals surface area contributed by atoms with Gasteiger partial charge in [0.15, 0.2) is 5.82 Å². The highest BCUT2D eigenvalue weighted by Gasteiger charge is 2.32. The van der Waals surface area contributed by atoms with Crippen LogP contribution in [0.2, 0.25) is 0 Å². The summed E-state index contributed by atoms with van der Waals surface area (Å²) in [5.41, 5.74) is 1.65. The zero-order valence-corrected chi connectivity index (χ0v) is 17.9. The Morgan fingerprint density at radius 1 is 1.22 bits per heavy atom. The van der Waals surface area contributed by atoms with Crippen molar-refractivity contribution in [2.75, 3.05) is 20.1 Å². The Bertz CT molecular complexity index is 1090. The lowest BCUT2D eigenvalue weighted by molar-refractivity contribution is -0.142. The molecule has 3 aromatic rings. The van der Waals surface area contributed by atoms with Crippen LogP contribution in [0.4, 0.5) is 4.39 Å². The lowest BCUT2D eigenvalue weighted by atomic mass is 9.95. The van der Waals surface area contributed by atoms with Gasteiger partial charge in [0.1, 0.15) is 5.82 Å². The smallest absolute Gasteiger partial charge is 0.257 e. The number of hydrogen-bond acceptors (Lipinski definition) is 5. The van der Waals surface area contributed by atoms with Crippen LogP contribution in [0.15, 0.2) is 59.1 Å². The highest BCUT2D eigenvalue weighted by Crippen LogP contribution is 2.21. The molecule has 2 heterocycles. The molecule has 1 aliphatic rings. The van der Waals surface area contributed by atoms with E-state index in [1.54, 1.807) is 22.9 Å². The van der Waals surface area contributed by atoms with Gasteiger partial charge in [0.25, 0.3) is 5.89 Å². The number of hydrogen-bond donors (Lipinski definition) is 0. The summed E-state index contributed by atoms with van der Waals surface area (Å²) in [6.45, 7) is 1.04.